The van der Waals surface area contributed by atoms with Crippen LogP contribution in [0.4, 0.5) is 14.9 Å². The standard InChI is InChI=1S/C15H20ClFN2O2/c1-15(2,3)21-14(20)19-7-6-11(9-19)18-13-8-10(17)4-5-12(13)16/h4-5,8,11,18H,6-7,9H2,1-3H3. The van der Waals surface area contributed by atoms with Gasteiger partial charge in [0.05, 0.1) is 10.7 Å². The maximum atomic E-state index is 13.2. The van der Waals surface area contributed by atoms with Gasteiger partial charge < -0.3 is 15.0 Å². The molecule has 0 radical (unpaired) electrons. The zero-order valence-electron chi connectivity index (χ0n) is 12.5. The van der Waals surface area contributed by atoms with E-state index in [1.54, 1.807) is 4.90 Å². The molecule has 1 N–H and O–H groups in total. The summed E-state index contributed by atoms with van der Waals surface area (Å²) < 4.78 is 18.6. The quantitative estimate of drug-likeness (QED) is 0.900. The fourth-order valence-electron chi connectivity index (χ4n) is 2.20. The molecule has 1 aromatic carbocycles. The van der Waals surface area contributed by atoms with Crippen molar-refractivity contribution in [2.45, 2.75) is 38.8 Å². The molecule has 6 heteroatoms. The molecule has 1 atom stereocenters. The van der Waals surface area contributed by atoms with Crippen molar-refractivity contribution in [1.29, 1.82) is 0 Å². The molecule has 1 aromatic rings. The Kier molecular flexibility index (Phi) is 4.61. The molecule has 1 saturated heterocycles. The fraction of sp³-hybridized carbons (Fsp3) is 0.533. The summed E-state index contributed by atoms with van der Waals surface area (Å²) in [6.07, 6.45) is 0.448. The number of ether oxygens (including phenoxy) is 1. The number of hydrogen-bond acceptors (Lipinski definition) is 3. The maximum absolute atomic E-state index is 13.2. The Labute approximate surface area is 129 Å². The van der Waals surface area contributed by atoms with E-state index in [9.17, 15) is 9.18 Å². The molecule has 1 amide bonds. The number of amides is 1. The first kappa shape index (κ1) is 15.9. The minimum atomic E-state index is -0.505. The molecule has 0 aromatic heterocycles. The molecule has 116 valence electrons. The van der Waals surface area contributed by atoms with Gasteiger partial charge in [-0.15, -0.1) is 0 Å². The lowest BCUT2D eigenvalue weighted by atomic mass is 10.2. The number of carbonyl (C=O) groups is 1. The first-order valence-electron chi connectivity index (χ1n) is 6.94. The van der Waals surface area contributed by atoms with Gasteiger partial charge in [-0.25, -0.2) is 9.18 Å². The molecule has 21 heavy (non-hydrogen) atoms. The van der Waals surface area contributed by atoms with Gasteiger partial charge in [-0.2, -0.15) is 0 Å². The number of anilines is 1. The van der Waals surface area contributed by atoms with Crippen LogP contribution in [0.15, 0.2) is 18.2 Å². The average Bonchev–Trinajstić information content (AvgIpc) is 2.80. The summed E-state index contributed by atoms with van der Waals surface area (Å²) in [4.78, 5) is 13.6. The Morgan fingerprint density at radius 3 is 2.86 bits per heavy atom. The Morgan fingerprint density at radius 2 is 2.19 bits per heavy atom. The third kappa shape index (κ3) is 4.49. The van der Waals surface area contributed by atoms with E-state index in [1.165, 1.54) is 18.2 Å². The van der Waals surface area contributed by atoms with Gasteiger partial charge in [-0.1, -0.05) is 11.6 Å². The van der Waals surface area contributed by atoms with Crippen LogP contribution in [-0.4, -0.2) is 35.7 Å². The number of halogens is 2. The van der Waals surface area contributed by atoms with Crippen molar-refractivity contribution in [2.75, 3.05) is 18.4 Å². The predicted octanol–water partition coefficient (Wildman–Crippen LogP) is 3.90. The molecule has 0 bridgehead atoms. The summed E-state index contributed by atoms with van der Waals surface area (Å²) in [5, 5.41) is 3.64. The van der Waals surface area contributed by atoms with Crippen LogP contribution < -0.4 is 5.32 Å². The van der Waals surface area contributed by atoms with Crippen LogP contribution in [0.25, 0.3) is 0 Å². The maximum Gasteiger partial charge on any atom is 0.410 e. The molecule has 2 rings (SSSR count). The molecule has 1 aliphatic rings. The number of rotatable bonds is 2. The van der Waals surface area contributed by atoms with Crippen LogP contribution in [-0.2, 0) is 4.74 Å². The Balaban J connectivity index is 1.93. The van der Waals surface area contributed by atoms with E-state index in [0.29, 0.717) is 23.8 Å². The van der Waals surface area contributed by atoms with Gasteiger partial charge in [0.25, 0.3) is 0 Å². The molecule has 0 aliphatic carbocycles. The normalized spacial score (nSPS) is 18.7. The van der Waals surface area contributed by atoms with Gasteiger partial charge in [0.1, 0.15) is 11.4 Å². The van der Waals surface area contributed by atoms with Crippen LogP contribution in [0.1, 0.15) is 27.2 Å². The first-order chi connectivity index (χ1) is 9.74. The summed E-state index contributed by atoms with van der Waals surface area (Å²) in [6.45, 7) is 6.64. The number of likely N-dealkylation sites (tertiary alicyclic amines) is 1. The van der Waals surface area contributed by atoms with Gasteiger partial charge in [0.2, 0.25) is 0 Å². The zero-order valence-corrected chi connectivity index (χ0v) is 13.2. The largest absolute Gasteiger partial charge is 0.444 e. The van der Waals surface area contributed by atoms with Crippen molar-refractivity contribution in [3.05, 3.63) is 29.0 Å². The SMILES string of the molecule is CC(C)(C)OC(=O)N1CCC(Nc2cc(F)ccc2Cl)C1. The number of hydrogen-bond donors (Lipinski definition) is 1. The Hall–Kier alpha value is -1.49. The molecular formula is C15H20ClFN2O2. The van der Waals surface area contributed by atoms with Crippen molar-refractivity contribution in [3.63, 3.8) is 0 Å². The van der Waals surface area contributed by atoms with E-state index in [-0.39, 0.29) is 18.0 Å². The van der Waals surface area contributed by atoms with E-state index < -0.39 is 5.60 Å². The van der Waals surface area contributed by atoms with Crippen LogP contribution in [0.2, 0.25) is 5.02 Å². The van der Waals surface area contributed by atoms with E-state index in [1.807, 2.05) is 20.8 Å². The Bertz CT molecular complexity index is 531. The summed E-state index contributed by atoms with van der Waals surface area (Å²) in [5.41, 5.74) is 0.0433. The van der Waals surface area contributed by atoms with Crippen molar-refractivity contribution in [3.8, 4) is 0 Å². The number of carbonyl (C=O) groups excluding carboxylic acids is 1. The Morgan fingerprint density at radius 1 is 1.48 bits per heavy atom. The van der Waals surface area contributed by atoms with E-state index in [4.69, 9.17) is 16.3 Å². The second kappa shape index (κ2) is 6.10. The molecule has 1 unspecified atom stereocenters. The highest BCUT2D eigenvalue weighted by Gasteiger charge is 2.29. The van der Waals surface area contributed by atoms with Gasteiger partial charge in [0, 0.05) is 19.1 Å². The second-order valence-electron chi connectivity index (χ2n) is 6.18. The lowest BCUT2D eigenvalue weighted by molar-refractivity contribution is 0.0293. The molecule has 1 heterocycles. The van der Waals surface area contributed by atoms with Crippen molar-refractivity contribution < 1.29 is 13.9 Å². The van der Waals surface area contributed by atoms with Gasteiger partial charge in [-0.05, 0) is 45.4 Å². The average molecular weight is 315 g/mol. The predicted molar refractivity (Wildman–Crippen MR) is 81.2 cm³/mol. The smallest absolute Gasteiger partial charge is 0.410 e. The summed E-state index contributed by atoms with van der Waals surface area (Å²) in [7, 11) is 0. The van der Waals surface area contributed by atoms with Crippen LogP contribution >= 0.6 is 11.6 Å². The second-order valence-corrected chi connectivity index (χ2v) is 6.59. The molecule has 0 saturated carbocycles. The minimum absolute atomic E-state index is 0.0387. The minimum Gasteiger partial charge on any atom is -0.444 e. The van der Waals surface area contributed by atoms with Crippen LogP contribution in [0, 0.1) is 5.82 Å². The van der Waals surface area contributed by atoms with Gasteiger partial charge >= 0.3 is 6.09 Å². The highest BCUT2D eigenvalue weighted by atomic mass is 35.5. The van der Waals surface area contributed by atoms with E-state index in [2.05, 4.69) is 5.32 Å². The fourth-order valence-corrected chi connectivity index (χ4v) is 2.37. The first-order valence-corrected chi connectivity index (χ1v) is 7.32. The summed E-state index contributed by atoms with van der Waals surface area (Å²) in [6, 6.07) is 4.23. The highest BCUT2D eigenvalue weighted by Crippen LogP contribution is 2.25. The monoisotopic (exact) mass is 314 g/mol. The lowest BCUT2D eigenvalue weighted by Gasteiger charge is -2.24. The number of benzene rings is 1. The summed E-state index contributed by atoms with van der Waals surface area (Å²) in [5.74, 6) is -0.344. The number of nitrogens with one attached hydrogen (secondary N) is 1. The van der Waals surface area contributed by atoms with E-state index >= 15 is 0 Å². The zero-order chi connectivity index (χ0) is 15.6. The number of nitrogens with zero attached hydrogens (tertiary/aromatic N) is 1. The van der Waals surface area contributed by atoms with Gasteiger partial charge in [0.15, 0.2) is 0 Å². The summed E-state index contributed by atoms with van der Waals surface area (Å²) >= 11 is 6.03. The lowest BCUT2D eigenvalue weighted by Crippen LogP contribution is -2.36. The van der Waals surface area contributed by atoms with Crippen molar-refractivity contribution >= 4 is 23.4 Å². The molecule has 1 fully saturated rings. The molecule has 4 nitrogen and oxygen atoms in total. The third-order valence-electron chi connectivity index (χ3n) is 3.13. The molecule has 0 spiro atoms. The topological polar surface area (TPSA) is 41.6 Å². The highest BCUT2D eigenvalue weighted by molar-refractivity contribution is 6.33. The van der Waals surface area contributed by atoms with E-state index in [0.717, 1.165) is 6.42 Å². The van der Waals surface area contributed by atoms with Gasteiger partial charge in [-0.3, -0.25) is 0 Å². The van der Waals surface area contributed by atoms with Crippen LogP contribution in [0.5, 0.6) is 0 Å². The van der Waals surface area contributed by atoms with Crippen molar-refractivity contribution in [1.82, 2.24) is 4.90 Å². The van der Waals surface area contributed by atoms with Crippen molar-refractivity contribution in [2.24, 2.45) is 0 Å². The third-order valence-corrected chi connectivity index (χ3v) is 3.46. The molecular weight excluding hydrogens is 295 g/mol. The molecule has 1 aliphatic heterocycles. The van der Waals surface area contributed by atoms with Crippen LogP contribution in [0.3, 0.4) is 0 Å².